The summed E-state index contributed by atoms with van der Waals surface area (Å²) in [5.41, 5.74) is 2.44. The maximum absolute atomic E-state index is 11.9. The molecule has 0 aliphatic carbocycles. The molecule has 26 heavy (non-hydrogen) atoms. The second-order valence-corrected chi connectivity index (χ2v) is 6.20. The van der Waals surface area contributed by atoms with Gasteiger partial charge in [0.15, 0.2) is 6.61 Å². The first kappa shape index (κ1) is 19.8. The van der Waals surface area contributed by atoms with Gasteiger partial charge in [0.1, 0.15) is 11.5 Å². The van der Waals surface area contributed by atoms with E-state index >= 15 is 0 Å². The van der Waals surface area contributed by atoms with E-state index in [0.717, 1.165) is 43.8 Å². The van der Waals surface area contributed by atoms with Crippen molar-refractivity contribution in [1.29, 1.82) is 0 Å². The molecule has 2 aromatic rings. The van der Waals surface area contributed by atoms with Gasteiger partial charge in [0.2, 0.25) is 0 Å². The Morgan fingerprint density at radius 2 is 1.77 bits per heavy atom. The minimum atomic E-state index is -0.0971. The molecule has 140 valence electrons. The second kappa shape index (κ2) is 11.2. The van der Waals surface area contributed by atoms with E-state index in [4.69, 9.17) is 9.47 Å². The predicted molar refractivity (Wildman–Crippen MR) is 105 cm³/mol. The number of hydrogen-bond donors (Lipinski definition) is 1. The maximum Gasteiger partial charge on any atom is 0.257 e. The van der Waals surface area contributed by atoms with Crippen molar-refractivity contribution in [2.45, 2.75) is 39.5 Å². The maximum atomic E-state index is 11.9. The summed E-state index contributed by atoms with van der Waals surface area (Å²) < 4.78 is 11.3. The molecule has 4 heteroatoms. The van der Waals surface area contributed by atoms with Crippen LogP contribution in [0.2, 0.25) is 0 Å². The summed E-state index contributed by atoms with van der Waals surface area (Å²) in [5.74, 6) is 1.57. The zero-order valence-corrected chi connectivity index (χ0v) is 15.8. The van der Waals surface area contributed by atoms with Crippen LogP contribution in [0, 0.1) is 0 Å². The van der Waals surface area contributed by atoms with Crippen molar-refractivity contribution in [1.82, 2.24) is 5.32 Å². The third-order valence-corrected chi connectivity index (χ3v) is 4.08. The Kier molecular flexibility index (Phi) is 8.53. The van der Waals surface area contributed by atoms with E-state index in [2.05, 4.69) is 25.2 Å². The number of benzene rings is 2. The molecule has 4 nitrogen and oxygen atoms in total. The number of nitrogens with one attached hydrogen (secondary N) is 1. The summed E-state index contributed by atoms with van der Waals surface area (Å²) in [6, 6.07) is 15.9. The number of rotatable bonds is 11. The third-order valence-electron chi connectivity index (χ3n) is 4.08. The molecule has 0 atom stereocenters. The minimum Gasteiger partial charge on any atom is -0.493 e. The molecule has 2 rings (SSSR count). The number of ether oxygens (including phenoxy) is 2. The van der Waals surface area contributed by atoms with Gasteiger partial charge in [0.25, 0.3) is 5.91 Å². The van der Waals surface area contributed by atoms with Crippen LogP contribution in [0.3, 0.4) is 0 Å². The summed E-state index contributed by atoms with van der Waals surface area (Å²) >= 11 is 0. The zero-order chi connectivity index (χ0) is 18.6. The fraction of sp³-hybridized carbons (Fsp3) is 0.409. The van der Waals surface area contributed by atoms with Crippen molar-refractivity contribution in [3.8, 4) is 11.5 Å². The summed E-state index contributed by atoms with van der Waals surface area (Å²) in [6.45, 7) is 5.60. The van der Waals surface area contributed by atoms with E-state index in [1.807, 2.05) is 42.5 Å². The van der Waals surface area contributed by atoms with Gasteiger partial charge in [0, 0.05) is 6.54 Å². The summed E-state index contributed by atoms with van der Waals surface area (Å²) in [5, 5.41) is 2.90. The van der Waals surface area contributed by atoms with Crippen molar-refractivity contribution in [3.05, 3.63) is 59.7 Å². The van der Waals surface area contributed by atoms with E-state index in [-0.39, 0.29) is 12.5 Å². The van der Waals surface area contributed by atoms with Crippen LogP contribution in [-0.2, 0) is 17.6 Å². The SMILES string of the molecule is CCCOc1ccccc1CCCNC(=O)COc1ccc(CC)cc1. The highest BCUT2D eigenvalue weighted by Gasteiger charge is 2.05. The van der Waals surface area contributed by atoms with Crippen molar-refractivity contribution in [2.75, 3.05) is 19.8 Å². The molecular weight excluding hydrogens is 326 g/mol. The molecule has 0 bridgehead atoms. The predicted octanol–water partition coefficient (Wildman–Crippen LogP) is 4.17. The van der Waals surface area contributed by atoms with Crippen LogP contribution in [-0.4, -0.2) is 25.7 Å². The van der Waals surface area contributed by atoms with Crippen LogP contribution in [0.15, 0.2) is 48.5 Å². The monoisotopic (exact) mass is 355 g/mol. The Balaban J connectivity index is 1.67. The summed E-state index contributed by atoms with van der Waals surface area (Å²) in [6.07, 6.45) is 3.72. The number of aryl methyl sites for hydroxylation is 2. The first-order chi connectivity index (χ1) is 12.7. The van der Waals surface area contributed by atoms with Crippen molar-refractivity contribution < 1.29 is 14.3 Å². The second-order valence-electron chi connectivity index (χ2n) is 6.20. The van der Waals surface area contributed by atoms with Crippen LogP contribution in [0.5, 0.6) is 11.5 Å². The topological polar surface area (TPSA) is 47.6 Å². The van der Waals surface area contributed by atoms with Gasteiger partial charge in [-0.2, -0.15) is 0 Å². The van der Waals surface area contributed by atoms with E-state index in [1.54, 1.807) is 0 Å². The van der Waals surface area contributed by atoms with Gasteiger partial charge in [-0.3, -0.25) is 4.79 Å². The Labute approximate surface area is 156 Å². The van der Waals surface area contributed by atoms with Gasteiger partial charge >= 0.3 is 0 Å². The lowest BCUT2D eigenvalue weighted by atomic mass is 10.1. The minimum absolute atomic E-state index is 0.0433. The van der Waals surface area contributed by atoms with Crippen LogP contribution in [0.4, 0.5) is 0 Å². The van der Waals surface area contributed by atoms with Crippen molar-refractivity contribution in [3.63, 3.8) is 0 Å². The van der Waals surface area contributed by atoms with E-state index in [0.29, 0.717) is 6.54 Å². The molecule has 0 saturated carbocycles. The molecule has 2 aromatic carbocycles. The van der Waals surface area contributed by atoms with Gasteiger partial charge in [-0.05, 0) is 55.0 Å². The van der Waals surface area contributed by atoms with E-state index in [9.17, 15) is 4.79 Å². The van der Waals surface area contributed by atoms with Crippen LogP contribution >= 0.6 is 0 Å². The fourth-order valence-electron chi connectivity index (χ4n) is 2.59. The lowest BCUT2D eigenvalue weighted by molar-refractivity contribution is -0.123. The van der Waals surface area contributed by atoms with Crippen LogP contribution in [0.1, 0.15) is 37.8 Å². The Bertz CT molecular complexity index is 667. The first-order valence-corrected chi connectivity index (χ1v) is 9.42. The molecule has 0 aliphatic heterocycles. The van der Waals surface area contributed by atoms with E-state index < -0.39 is 0 Å². The molecule has 1 amide bonds. The molecular formula is C22H29NO3. The highest BCUT2D eigenvalue weighted by Crippen LogP contribution is 2.19. The van der Waals surface area contributed by atoms with Gasteiger partial charge in [0.05, 0.1) is 6.61 Å². The fourth-order valence-corrected chi connectivity index (χ4v) is 2.59. The smallest absolute Gasteiger partial charge is 0.257 e. The summed E-state index contributed by atoms with van der Waals surface area (Å²) in [4.78, 5) is 11.9. The quantitative estimate of drug-likeness (QED) is 0.616. The largest absolute Gasteiger partial charge is 0.493 e. The molecule has 0 fully saturated rings. The zero-order valence-electron chi connectivity index (χ0n) is 15.8. The normalized spacial score (nSPS) is 10.4. The summed E-state index contributed by atoms with van der Waals surface area (Å²) in [7, 11) is 0. The van der Waals surface area contributed by atoms with Crippen LogP contribution in [0.25, 0.3) is 0 Å². The Morgan fingerprint density at radius 3 is 2.50 bits per heavy atom. The lowest BCUT2D eigenvalue weighted by Gasteiger charge is -2.11. The highest BCUT2D eigenvalue weighted by atomic mass is 16.5. The third kappa shape index (κ3) is 6.79. The highest BCUT2D eigenvalue weighted by molar-refractivity contribution is 5.77. The first-order valence-electron chi connectivity index (χ1n) is 9.42. The number of amides is 1. The molecule has 0 aliphatic rings. The van der Waals surface area contributed by atoms with Crippen molar-refractivity contribution >= 4 is 5.91 Å². The average molecular weight is 355 g/mol. The van der Waals surface area contributed by atoms with Gasteiger partial charge < -0.3 is 14.8 Å². The van der Waals surface area contributed by atoms with E-state index in [1.165, 1.54) is 11.1 Å². The van der Waals surface area contributed by atoms with Crippen molar-refractivity contribution in [2.24, 2.45) is 0 Å². The van der Waals surface area contributed by atoms with Crippen LogP contribution < -0.4 is 14.8 Å². The Morgan fingerprint density at radius 1 is 1.00 bits per heavy atom. The van der Waals surface area contributed by atoms with Gasteiger partial charge in [-0.25, -0.2) is 0 Å². The standard InChI is InChI=1S/C22H29NO3/c1-3-16-25-21-10-6-5-8-19(21)9-7-15-23-22(24)17-26-20-13-11-18(4-2)12-14-20/h5-6,8,10-14H,3-4,7,9,15-17H2,1-2H3,(H,23,24). The molecule has 0 spiro atoms. The Hall–Kier alpha value is -2.49. The van der Waals surface area contributed by atoms with Gasteiger partial charge in [-0.1, -0.05) is 44.2 Å². The number of carbonyl (C=O) groups excluding carboxylic acids is 1. The molecule has 0 aromatic heterocycles. The number of carbonyl (C=O) groups is 1. The average Bonchev–Trinajstić information content (AvgIpc) is 2.69. The van der Waals surface area contributed by atoms with Gasteiger partial charge in [-0.15, -0.1) is 0 Å². The molecule has 1 N–H and O–H groups in total. The molecule has 0 radical (unpaired) electrons. The molecule has 0 saturated heterocycles. The molecule has 0 unspecified atom stereocenters. The lowest BCUT2D eigenvalue weighted by Crippen LogP contribution is -2.29. The molecule has 0 heterocycles. The number of hydrogen-bond acceptors (Lipinski definition) is 3. The number of para-hydroxylation sites is 1.